The number of carbonyl (C=O) groups excluding carboxylic acids is 1. The second-order valence-electron chi connectivity index (χ2n) is 7.09. The topological polar surface area (TPSA) is 65.8 Å². The SMILES string of the molecule is C[C@H](NC(=O)N1CCN(c2ccncc2F)C[C@H]1C)c1cccc2nccn12. The Hall–Kier alpha value is -3.16. The van der Waals surface area contributed by atoms with E-state index >= 15 is 0 Å². The van der Waals surface area contributed by atoms with Gasteiger partial charge < -0.3 is 19.5 Å². The molecular formula is C20H23FN6O. The van der Waals surface area contributed by atoms with Gasteiger partial charge in [-0.05, 0) is 32.0 Å². The molecule has 4 heterocycles. The fraction of sp³-hybridized carbons (Fsp3) is 0.350. The molecule has 7 nitrogen and oxygen atoms in total. The summed E-state index contributed by atoms with van der Waals surface area (Å²) < 4.78 is 16.0. The second-order valence-corrected chi connectivity index (χ2v) is 7.09. The van der Waals surface area contributed by atoms with Crippen molar-refractivity contribution in [2.45, 2.75) is 25.9 Å². The number of amides is 2. The van der Waals surface area contributed by atoms with Crippen LogP contribution in [0.5, 0.6) is 0 Å². The molecule has 1 aliphatic heterocycles. The van der Waals surface area contributed by atoms with Crippen molar-refractivity contribution in [1.29, 1.82) is 0 Å². The van der Waals surface area contributed by atoms with E-state index in [2.05, 4.69) is 15.3 Å². The molecule has 1 N–H and O–H groups in total. The van der Waals surface area contributed by atoms with Crippen LogP contribution in [0, 0.1) is 5.82 Å². The van der Waals surface area contributed by atoms with Crippen LogP contribution in [0.4, 0.5) is 14.9 Å². The zero-order valence-electron chi connectivity index (χ0n) is 15.9. The fourth-order valence-electron chi connectivity index (χ4n) is 3.77. The zero-order chi connectivity index (χ0) is 19.7. The van der Waals surface area contributed by atoms with E-state index in [0.717, 1.165) is 11.3 Å². The van der Waals surface area contributed by atoms with Crippen molar-refractivity contribution in [2.24, 2.45) is 0 Å². The van der Waals surface area contributed by atoms with Gasteiger partial charge in [-0.25, -0.2) is 14.2 Å². The summed E-state index contributed by atoms with van der Waals surface area (Å²) in [6.07, 6.45) is 6.43. The lowest BCUT2D eigenvalue weighted by molar-refractivity contribution is 0.168. The van der Waals surface area contributed by atoms with Gasteiger partial charge in [-0.15, -0.1) is 0 Å². The molecule has 0 bridgehead atoms. The van der Waals surface area contributed by atoms with Crippen LogP contribution in [0.25, 0.3) is 5.65 Å². The van der Waals surface area contributed by atoms with E-state index < -0.39 is 0 Å². The Morgan fingerprint density at radius 1 is 1.29 bits per heavy atom. The number of hydrogen-bond donors (Lipinski definition) is 1. The molecule has 0 spiro atoms. The molecule has 0 aromatic carbocycles. The minimum absolute atomic E-state index is 0.0439. The Morgan fingerprint density at radius 2 is 2.14 bits per heavy atom. The average Bonchev–Trinajstić information content (AvgIpc) is 3.17. The molecule has 0 aliphatic carbocycles. The number of rotatable bonds is 3. The molecule has 4 rings (SSSR count). The Kier molecular flexibility index (Phi) is 4.85. The van der Waals surface area contributed by atoms with Crippen molar-refractivity contribution in [2.75, 3.05) is 24.5 Å². The van der Waals surface area contributed by atoms with E-state index in [4.69, 9.17) is 0 Å². The zero-order valence-corrected chi connectivity index (χ0v) is 15.9. The number of piperazine rings is 1. The highest BCUT2D eigenvalue weighted by atomic mass is 19.1. The summed E-state index contributed by atoms with van der Waals surface area (Å²) in [6.45, 7) is 5.60. The first-order chi connectivity index (χ1) is 13.5. The highest BCUT2D eigenvalue weighted by molar-refractivity contribution is 5.75. The van der Waals surface area contributed by atoms with E-state index in [1.807, 2.05) is 47.5 Å². The van der Waals surface area contributed by atoms with Crippen LogP contribution in [0.1, 0.15) is 25.6 Å². The fourth-order valence-corrected chi connectivity index (χ4v) is 3.77. The van der Waals surface area contributed by atoms with Gasteiger partial charge in [0.05, 0.1) is 17.9 Å². The normalized spacial score (nSPS) is 18.3. The van der Waals surface area contributed by atoms with E-state index in [0.29, 0.717) is 25.3 Å². The van der Waals surface area contributed by atoms with Gasteiger partial charge >= 0.3 is 6.03 Å². The number of carbonyl (C=O) groups is 1. The van der Waals surface area contributed by atoms with Crippen LogP contribution in [0.15, 0.2) is 49.1 Å². The van der Waals surface area contributed by atoms with Gasteiger partial charge in [0.15, 0.2) is 5.82 Å². The number of nitrogens with one attached hydrogen (secondary N) is 1. The summed E-state index contributed by atoms with van der Waals surface area (Å²) in [6, 6.07) is 7.18. The van der Waals surface area contributed by atoms with Gasteiger partial charge in [0, 0.05) is 50.0 Å². The number of anilines is 1. The first-order valence-electron chi connectivity index (χ1n) is 9.38. The Balaban J connectivity index is 1.43. The molecular weight excluding hydrogens is 359 g/mol. The van der Waals surface area contributed by atoms with Crippen molar-refractivity contribution >= 4 is 17.4 Å². The third kappa shape index (κ3) is 3.37. The summed E-state index contributed by atoms with van der Waals surface area (Å²) in [5.41, 5.74) is 2.34. The maximum Gasteiger partial charge on any atom is 0.318 e. The van der Waals surface area contributed by atoms with Gasteiger partial charge in [-0.1, -0.05) is 6.07 Å². The molecule has 0 saturated carbocycles. The van der Waals surface area contributed by atoms with Crippen LogP contribution in [-0.4, -0.2) is 51.0 Å². The predicted octanol–water partition coefficient (Wildman–Crippen LogP) is 2.85. The molecule has 146 valence electrons. The summed E-state index contributed by atoms with van der Waals surface area (Å²) in [5.74, 6) is -0.338. The molecule has 1 saturated heterocycles. The van der Waals surface area contributed by atoms with E-state index in [1.165, 1.54) is 6.20 Å². The molecule has 0 radical (unpaired) electrons. The molecule has 0 unspecified atom stereocenters. The van der Waals surface area contributed by atoms with Gasteiger partial charge in [-0.2, -0.15) is 0 Å². The van der Waals surface area contributed by atoms with E-state index in [-0.39, 0.29) is 23.9 Å². The monoisotopic (exact) mass is 382 g/mol. The summed E-state index contributed by atoms with van der Waals surface area (Å²) in [7, 11) is 0. The third-order valence-electron chi connectivity index (χ3n) is 5.22. The lowest BCUT2D eigenvalue weighted by atomic mass is 10.1. The number of aromatic nitrogens is 3. The van der Waals surface area contributed by atoms with Gasteiger partial charge in [0.1, 0.15) is 5.65 Å². The summed E-state index contributed by atoms with van der Waals surface area (Å²) >= 11 is 0. The lowest BCUT2D eigenvalue weighted by Gasteiger charge is -2.41. The molecule has 2 amide bonds. The lowest BCUT2D eigenvalue weighted by Crippen LogP contribution is -2.57. The molecule has 3 aromatic heterocycles. The van der Waals surface area contributed by atoms with Crippen LogP contribution in [0.3, 0.4) is 0 Å². The van der Waals surface area contributed by atoms with Crippen molar-refractivity contribution in [3.63, 3.8) is 0 Å². The van der Waals surface area contributed by atoms with Crippen molar-refractivity contribution in [1.82, 2.24) is 24.6 Å². The maximum absolute atomic E-state index is 14.0. The van der Waals surface area contributed by atoms with Crippen molar-refractivity contribution < 1.29 is 9.18 Å². The van der Waals surface area contributed by atoms with Gasteiger partial charge in [0.2, 0.25) is 0 Å². The molecule has 1 aliphatic rings. The van der Waals surface area contributed by atoms with E-state index in [9.17, 15) is 9.18 Å². The first kappa shape index (κ1) is 18.2. The standard InChI is InChI=1S/C20H23FN6O/c1-14-13-25(18-6-7-22-12-16(18)21)10-11-26(14)20(28)24-15(2)17-4-3-5-19-23-8-9-27(17)19/h3-9,12,14-15H,10-11,13H2,1-2H3,(H,24,28)/t14-,15+/m1/s1. The third-order valence-corrected chi connectivity index (χ3v) is 5.22. The Bertz CT molecular complexity index is 989. The number of imidazole rings is 1. The molecule has 28 heavy (non-hydrogen) atoms. The first-order valence-corrected chi connectivity index (χ1v) is 9.38. The maximum atomic E-state index is 14.0. The van der Waals surface area contributed by atoms with E-state index in [1.54, 1.807) is 23.4 Å². The van der Waals surface area contributed by atoms with Crippen LogP contribution >= 0.6 is 0 Å². The highest BCUT2D eigenvalue weighted by Crippen LogP contribution is 2.22. The average molecular weight is 382 g/mol. The smallest absolute Gasteiger partial charge is 0.318 e. The van der Waals surface area contributed by atoms with Crippen molar-refractivity contribution in [3.05, 3.63) is 60.6 Å². The molecule has 2 atom stereocenters. The number of nitrogens with zero attached hydrogens (tertiary/aromatic N) is 5. The van der Waals surface area contributed by atoms with Crippen molar-refractivity contribution in [3.8, 4) is 0 Å². The van der Waals surface area contributed by atoms with Gasteiger partial charge in [0.25, 0.3) is 0 Å². The number of urea groups is 1. The summed E-state index contributed by atoms with van der Waals surface area (Å²) in [4.78, 5) is 24.7. The Morgan fingerprint density at radius 3 is 2.93 bits per heavy atom. The molecule has 1 fully saturated rings. The highest BCUT2D eigenvalue weighted by Gasteiger charge is 2.29. The molecule has 3 aromatic rings. The predicted molar refractivity (Wildman–Crippen MR) is 105 cm³/mol. The molecule has 8 heteroatoms. The number of pyridine rings is 2. The second kappa shape index (κ2) is 7.46. The van der Waals surface area contributed by atoms with Gasteiger partial charge in [-0.3, -0.25) is 4.98 Å². The number of halogens is 1. The Labute approximate surface area is 162 Å². The van der Waals surface area contributed by atoms with Crippen LogP contribution in [-0.2, 0) is 0 Å². The summed E-state index contributed by atoms with van der Waals surface area (Å²) in [5, 5.41) is 3.08. The largest absolute Gasteiger partial charge is 0.365 e. The minimum Gasteiger partial charge on any atom is -0.365 e. The van der Waals surface area contributed by atoms with Crippen LogP contribution in [0.2, 0.25) is 0 Å². The van der Waals surface area contributed by atoms with Crippen LogP contribution < -0.4 is 10.2 Å². The quantitative estimate of drug-likeness (QED) is 0.757. The number of hydrogen-bond acceptors (Lipinski definition) is 4. The minimum atomic E-state index is -0.338. The number of fused-ring (bicyclic) bond motifs is 1.